The number of halogens is 2. The lowest BCUT2D eigenvalue weighted by molar-refractivity contribution is 0.132. The third kappa shape index (κ3) is 4.17. The van der Waals surface area contributed by atoms with Crippen LogP contribution in [-0.4, -0.2) is 42.5 Å². The number of hydrogen-bond acceptors (Lipinski definition) is 2. The zero-order valence-electron chi connectivity index (χ0n) is 14.3. The molecule has 0 saturated carbocycles. The van der Waals surface area contributed by atoms with Crippen LogP contribution < -0.4 is 0 Å². The lowest BCUT2D eigenvalue weighted by atomic mass is 9.82. The molecule has 0 spiro atoms. The van der Waals surface area contributed by atoms with E-state index >= 15 is 0 Å². The molecular weight excluding hydrogens is 315 g/mol. The first-order valence-electron chi connectivity index (χ1n) is 8.30. The van der Waals surface area contributed by atoms with Gasteiger partial charge in [-0.2, -0.15) is 0 Å². The lowest BCUT2D eigenvalue weighted by Gasteiger charge is -2.34. The van der Waals surface area contributed by atoms with Crippen LogP contribution in [0.15, 0.2) is 12.1 Å². The summed E-state index contributed by atoms with van der Waals surface area (Å²) in [6.45, 7) is 15.4. The maximum Gasteiger partial charge on any atom is 0.0461 e. The van der Waals surface area contributed by atoms with Crippen molar-refractivity contribution in [2.45, 2.75) is 46.1 Å². The number of benzene rings is 1. The smallest absolute Gasteiger partial charge is 0.0461 e. The van der Waals surface area contributed by atoms with Crippen LogP contribution in [0.2, 0.25) is 10.0 Å². The minimum Gasteiger partial charge on any atom is -0.301 e. The van der Waals surface area contributed by atoms with Crippen LogP contribution >= 0.6 is 23.2 Å². The van der Waals surface area contributed by atoms with Crippen molar-refractivity contribution >= 4 is 23.2 Å². The summed E-state index contributed by atoms with van der Waals surface area (Å²) in [5, 5.41) is 1.61. The van der Waals surface area contributed by atoms with Gasteiger partial charge in [-0.15, -0.1) is 0 Å². The van der Waals surface area contributed by atoms with Gasteiger partial charge in [-0.25, -0.2) is 0 Å². The van der Waals surface area contributed by atoms with Crippen LogP contribution in [0.1, 0.15) is 45.2 Å². The highest BCUT2D eigenvalue weighted by atomic mass is 35.5. The minimum absolute atomic E-state index is 0.0133. The molecule has 2 nitrogen and oxygen atoms in total. The fourth-order valence-corrected chi connectivity index (χ4v) is 4.11. The number of likely N-dealkylation sites (N-methyl/N-ethyl adjacent to an activating group) is 1. The second kappa shape index (κ2) is 7.53. The Balaban J connectivity index is 2.11. The summed E-state index contributed by atoms with van der Waals surface area (Å²) in [5.41, 5.74) is 2.31. The van der Waals surface area contributed by atoms with Gasteiger partial charge < -0.3 is 4.90 Å². The topological polar surface area (TPSA) is 6.48 Å². The molecule has 0 atom stereocenters. The molecule has 4 heteroatoms. The second-order valence-corrected chi connectivity index (χ2v) is 7.70. The molecule has 0 unspecified atom stereocenters. The summed E-state index contributed by atoms with van der Waals surface area (Å²) < 4.78 is 0. The summed E-state index contributed by atoms with van der Waals surface area (Å²) in [6.07, 6.45) is 1.02. The molecule has 124 valence electrons. The van der Waals surface area contributed by atoms with Crippen molar-refractivity contribution in [3.05, 3.63) is 33.3 Å². The van der Waals surface area contributed by atoms with E-state index in [1.54, 1.807) is 0 Å². The largest absolute Gasteiger partial charge is 0.301 e. The highest BCUT2D eigenvalue weighted by Gasteiger charge is 2.25. The molecule has 0 aliphatic carbocycles. The Bertz CT molecular complexity index is 483. The monoisotopic (exact) mass is 342 g/mol. The van der Waals surface area contributed by atoms with Gasteiger partial charge in [0.1, 0.15) is 0 Å². The summed E-state index contributed by atoms with van der Waals surface area (Å²) in [7, 11) is 0. The zero-order valence-corrected chi connectivity index (χ0v) is 15.8. The van der Waals surface area contributed by atoms with E-state index in [0.29, 0.717) is 0 Å². The van der Waals surface area contributed by atoms with Gasteiger partial charge >= 0.3 is 0 Å². The second-order valence-electron chi connectivity index (χ2n) is 6.88. The third-order valence-electron chi connectivity index (χ3n) is 4.98. The van der Waals surface area contributed by atoms with Crippen LogP contribution in [0.3, 0.4) is 0 Å². The highest BCUT2D eigenvalue weighted by molar-refractivity contribution is 6.36. The van der Waals surface area contributed by atoms with E-state index in [1.165, 1.54) is 5.56 Å². The molecule has 1 heterocycles. The average Bonchev–Trinajstić information content (AvgIpc) is 2.47. The molecule has 0 N–H and O–H groups in total. The first-order chi connectivity index (χ1) is 10.4. The van der Waals surface area contributed by atoms with E-state index in [2.05, 4.69) is 49.6 Å². The van der Waals surface area contributed by atoms with Gasteiger partial charge in [0.15, 0.2) is 0 Å². The van der Waals surface area contributed by atoms with E-state index in [1.807, 2.05) is 0 Å². The Labute approximate surface area is 145 Å². The highest BCUT2D eigenvalue weighted by Crippen LogP contribution is 2.38. The van der Waals surface area contributed by atoms with E-state index < -0.39 is 0 Å². The van der Waals surface area contributed by atoms with Crippen LogP contribution in [0.25, 0.3) is 0 Å². The molecule has 0 amide bonds. The molecule has 22 heavy (non-hydrogen) atoms. The SMILES string of the molecule is CCN1CCN(Cc2cc(Cl)c(C(C)(C)CC)c(Cl)c2)CC1. The zero-order chi connectivity index (χ0) is 16.3. The molecule has 0 aromatic heterocycles. The number of piperazine rings is 1. The van der Waals surface area contributed by atoms with Crippen molar-refractivity contribution < 1.29 is 0 Å². The van der Waals surface area contributed by atoms with Crippen molar-refractivity contribution in [1.29, 1.82) is 0 Å². The maximum absolute atomic E-state index is 6.55. The molecule has 1 fully saturated rings. The average molecular weight is 343 g/mol. The van der Waals surface area contributed by atoms with E-state index in [-0.39, 0.29) is 5.41 Å². The van der Waals surface area contributed by atoms with Gasteiger partial charge in [0.25, 0.3) is 0 Å². The predicted octanol–water partition coefficient (Wildman–Crippen LogP) is 4.82. The summed E-state index contributed by atoms with van der Waals surface area (Å²) in [5.74, 6) is 0. The van der Waals surface area contributed by atoms with E-state index in [4.69, 9.17) is 23.2 Å². The Hall–Kier alpha value is -0.280. The number of nitrogens with zero attached hydrogens (tertiary/aromatic N) is 2. The van der Waals surface area contributed by atoms with Crippen molar-refractivity contribution in [2.24, 2.45) is 0 Å². The Morgan fingerprint density at radius 3 is 1.91 bits per heavy atom. The predicted molar refractivity (Wildman–Crippen MR) is 97.2 cm³/mol. The Morgan fingerprint density at radius 1 is 0.955 bits per heavy atom. The molecular formula is C18H28Cl2N2. The summed E-state index contributed by atoms with van der Waals surface area (Å²) >= 11 is 13.1. The van der Waals surface area contributed by atoms with E-state index in [9.17, 15) is 0 Å². The molecule has 1 aromatic carbocycles. The van der Waals surface area contributed by atoms with Gasteiger partial charge in [-0.1, -0.05) is 50.9 Å². The van der Waals surface area contributed by atoms with Crippen LogP contribution in [0.4, 0.5) is 0 Å². The van der Waals surface area contributed by atoms with Gasteiger partial charge in [-0.3, -0.25) is 4.90 Å². The van der Waals surface area contributed by atoms with Crippen molar-refractivity contribution in [3.8, 4) is 0 Å². The van der Waals surface area contributed by atoms with Crippen LogP contribution in [0, 0.1) is 0 Å². The van der Waals surface area contributed by atoms with Gasteiger partial charge in [0.05, 0.1) is 0 Å². The Morgan fingerprint density at radius 2 is 1.45 bits per heavy atom. The standard InChI is InChI=1S/C18H28Cl2N2/c1-5-18(3,4)17-15(19)11-14(12-16(17)20)13-22-9-7-21(6-2)8-10-22/h11-12H,5-10,13H2,1-4H3. The van der Waals surface area contributed by atoms with Crippen molar-refractivity contribution in [1.82, 2.24) is 9.80 Å². The molecule has 1 saturated heterocycles. The molecule has 0 bridgehead atoms. The van der Waals surface area contributed by atoms with Gasteiger partial charge in [0, 0.05) is 42.8 Å². The Kier molecular flexibility index (Phi) is 6.18. The number of hydrogen-bond donors (Lipinski definition) is 0. The normalized spacial score (nSPS) is 17.9. The quantitative estimate of drug-likeness (QED) is 0.756. The minimum atomic E-state index is 0.0133. The van der Waals surface area contributed by atoms with Crippen molar-refractivity contribution in [3.63, 3.8) is 0 Å². The molecule has 0 radical (unpaired) electrons. The molecule has 1 aromatic rings. The first kappa shape index (κ1) is 18.1. The van der Waals surface area contributed by atoms with Crippen LogP contribution in [-0.2, 0) is 12.0 Å². The fourth-order valence-electron chi connectivity index (χ4n) is 3.06. The number of rotatable bonds is 5. The van der Waals surface area contributed by atoms with Gasteiger partial charge in [0.2, 0.25) is 0 Å². The van der Waals surface area contributed by atoms with Crippen molar-refractivity contribution in [2.75, 3.05) is 32.7 Å². The third-order valence-corrected chi connectivity index (χ3v) is 5.58. The lowest BCUT2D eigenvalue weighted by Crippen LogP contribution is -2.45. The van der Waals surface area contributed by atoms with Gasteiger partial charge in [-0.05, 0) is 41.6 Å². The first-order valence-corrected chi connectivity index (χ1v) is 9.06. The summed E-state index contributed by atoms with van der Waals surface area (Å²) in [4.78, 5) is 4.97. The molecule has 1 aliphatic rings. The van der Waals surface area contributed by atoms with E-state index in [0.717, 1.165) is 61.3 Å². The fraction of sp³-hybridized carbons (Fsp3) is 0.667. The summed E-state index contributed by atoms with van der Waals surface area (Å²) in [6, 6.07) is 4.21. The molecule has 2 rings (SSSR count). The molecule has 1 aliphatic heterocycles. The van der Waals surface area contributed by atoms with Crippen LogP contribution in [0.5, 0.6) is 0 Å². The maximum atomic E-state index is 6.55.